The predicted molar refractivity (Wildman–Crippen MR) is 101 cm³/mol. The Hall–Kier alpha value is -2.52. The number of alkyl halides is 1. The number of fused-ring (bicyclic) bond motifs is 2. The van der Waals surface area contributed by atoms with Gasteiger partial charge in [-0.25, -0.2) is 0 Å². The summed E-state index contributed by atoms with van der Waals surface area (Å²) in [5.41, 5.74) is 2.65. The van der Waals surface area contributed by atoms with E-state index in [0.29, 0.717) is 5.56 Å². The van der Waals surface area contributed by atoms with E-state index in [-0.39, 0.29) is 0 Å². The van der Waals surface area contributed by atoms with Crippen LogP contribution in [0.1, 0.15) is 21.5 Å². The van der Waals surface area contributed by atoms with Crippen LogP contribution in [0.5, 0.6) is 0 Å². The smallest absolute Gasteiger partial charge is 0.233 e. The van der Waals surface area contributed by atoms with Crippen LogP contribution in [0.4, 0.5) is 0 Å². The molecule has 0 bridgehead atoms. The van der Waals surface area contributed by atoms with Gasteiger partial charge in [-0.05, 0) is 40.1 Å². The van der Waals surface area contributed by atoms with Gasteiger partial charge in [0.25, 0.3) is 0 Å². The maximum atomic E-state index is 11.7. The third-order valence-corrected chi connectivity index (χ3v) is 4.45. The van der Waals surface area contributed by atoms with Crippen LogP contribution in [0.25, 0.3) is 16.8 Å². The van der Waals surface area contributed by atoms with Gasteiger partial charge in [0, 0.05) is 10.9 Å². The minimum Gasteiger partial charge on any atom is -0.286 e. The number of hydrogen-bond acceptors (Lipinski definition) is 2. The molecule has 0 fully saturated rings. The van der Waals surface area contributed by atoms with Gasteiger partial charge in [0.15, 0.2) is 0 Å². The number of benzene rings is 3. The second-order valence-electron chi connectivity index (χ2n) is 5.43. The Bertz CT molecular complexity index is 927. The molecule has 0 saturated heterocycles. The molecule has 0 atom stereocenters. The van der Waals surface area contributed by atoms with Crippen molar-refractivity contribution in [3.63, 3.8) is 0 Å². The lowest BCUT2D eigenvalue weighted by atomic mass is 9.92. The van der Waals surface area contributed by atoms with Gasteiger partial charge < -0.3 is 0 Å². The van der Waals surface area contributed by atoms with Crippen molar-refractivity contribution in [1.82, 2.24) is 0 Å². The zero-order valence-corrected chi connectivity index (χ0v) is 14.5. The van der Waals surface area contributed by atoms with Crippen molar-refractivity contribution < 1.29 is 9.59 Å². The van der Waals surface area contributed by atoms with Crippen LogP contribution >= 0.6 is 15.9 Å². The van der Waals surface area contributed by atoms with Gasteiger partial charge in [-0.2, -0.15) is 0 Å². The van der Waals surface area contributed by atoms with Gasteiger partial charge in [-0.3, -0.25) is 9.59 Å². The summed E-state index contributed by atoms with van der Waals surface area (Å²) in [6.07, 6.45) is 3.03. The Labute approximate surface area is 148 Å². The Morgan fingerprint density at radius 3 is 2.00 bits per heavy atom. The number of halogens is 1. The maximum absolute atomic E-state index is 11.7. The average molecular weight is 379 g/mol. The molecule has 0 heterocycles. The SMILES string of the molecule is BrCc1ccccc1.O=C1C=Cc2cc3ccccc3cc2C1=O. The fourth-order valence-electron chi connectivity index (χ4n) is 2.53. The van der Waals surface area contributed by atoms with E-state index in [1.807, 2.05) is 48.5 Å². The molecule has 0 aliphatic heterocycles. The molecule has 0 unspecified atom stereocenters. The molecule has 1 aliphatic rings. The number of ketones is 2. The lowest BCUT2D eigenvalue weighted by molar-refractivity contribution is -0.110. The number of Topliss-reactive ketones (excluding diaryl/α,β-unsaturated/α-hetero) is 1. The van der Waals surface area contributed by atoms with Crippen molar-refractivity contribution in [2.24, 2.45) is 0 Å². The molecule has 4 rings (SSSR count). The second-order valence-corrected chi connectivity index (χ2v) is 5.99. The molecule has 1 aliphatic carbocycles. The van der Waals surface area contributed by atoms with E-state index < -0.39 is 11.6 Å². The largest absolute Gasteiger partial charge is 0.286 e. The monoisotopic (exact) mass is 378 g/mol. The van der Waals surface area contributed by atoms with E-state index in [0.717, 1.165) is 21.7 Å². The summed E-state index contributed by atoms with van der Waals surface area (Å²) in [7, 11) is 0. The lowest BCUT2D eigenvalue weighted by Crippen LogP contribution is -2.15. The molecule has 3 heteroatoms. The van der Waals surface area contributed by atoms with Crippen LogP contribution in [0.15, 0.2) is 72.8 Å². The number of allylic oxidation sites excluding steroid dienone is 1. The van der Waals surface area contributed by atoms with Crippen LogP contribution < -0.4 is 0 Å². The van der Waals surface area contributed by atoms with Gasteiger partial charge in [0.1, 0.15) is 0 Å². The topological polar surface area (TPSA) is 34.1 Å². The molecule has 0 saturated carbocycles. The first-order valence-electron chi connectivity index (χ1n) is 7.58. The fourth-order valence-corrected chi connectivity index (χ4v) is 2.91. The highest BCUT2D eigenvalue weighted by molar-refractivity contribution is 9.08. The highest BCUT2D eigenvalue weighted by atomic mass is 79.9. The molecule has 24 heavy (non-hydrogen) atoms. The number of carbonyl (C=O) groups is 2. The van der Waals surface area contributed by atoms with Crippen LogP contribution in [-0.4, -0.2) is 11.6 Å². The Morgan fingerprint density at radius 1 is 0.750 bits per heavy atom. The quantitative estimate of drug-likeness (QED) is 0.430. The summed E-state index contributed by atoms with van der Waals surface area (Å²) in [4.78, 5) is 22.9. The molecule has 0 N–H and O–H groups in total. The number of hydrogen-bond donors (Lipinski definition) is 0. The third-order valence-electron chi connectivity index (χ3n) is 3.80. The van der Waals surface area contributed by atoms with E-state index in [9.17, 15) is 9.59 Å². The summed E-state index contributed by atoms with van der Waals surface area (Å²) in [5, 5.41) is 3.01. The normalized spacial score (nSPS) is 12.5. The van der Waals surface area contributed by atoms with Gasteiger partial charge in [0.2, 0.25) is 11.6 Å². The van der Waals surface area contributed by atoms with E-state index in [4.69, 9.17) is 0 Å². The van der Waals surface area contributed by atoms with Gasteiger partial charge in [0.05, 0.1) is 0 Å². The Balaban J connectivity index is 0.000000179. The molecule has 0 radical (unpaired) electrons. The lowest BCUT2D eigenvalue weighted by Gasteiger charge is -2.09. The highest BCUT2D eigenvalue weighted by Gasteiger charge is 2.20. The van der Waals surface area contributed by atoms with Crippen LogP contribution in [-0.2, 0) is 10.1 Å². The van der Waals surface area contributed by atoms with Crippen LogP contribution in [0.3, 0.4) is 0 Å². The van der Waals surface area contributed by atoms with Crippen LogP contribution in [0, 0.1) is 0 Å². The third kappa shape index (κ3) is 3.52. The van der Waals surface area contributed by atoms with Crippen molar-refractivity contribution >= 4 is 44.3 Å². The molecule has 2 nitrogen and oxygen atoms in total. The van der Waals surface area contributed by atoms with E-state index in [1.165, 1.54) is 11.6 Å². The molecular weight excluding hydrogens is 364 g/mol. The first-order chi connectivity index (χ1) is 11.7. The standard InChI is InChI=1S/C14H8O2.C7H7Br/c15-13-6-5-11-7-9-3-1-2-4-10(9)8-12(11)14(13)16;8-6-7-4-2-1-3-5-7/h1-8H;1-5H,6H2. The average Bonchev–Trinajstić information content (AvgIpc) is 2.65. The summed E-state index contributed by atoms with van der Waals surface area (Å²) in [5.74, 6) is -0.856. The van der Waals surface area contributed by atoms with Crippen molar-refractivity contribution in [1.29, 1.82) is 0 Å². The van der Waals surface area contributed by atoms with Crippen molar-refractivity contribution in [3.8, 4) is 0 Å². The first-order valence-corrected chi connectivity index (χ1v) is 8.70. The first kappa shape index (κ1) is 16.3. The summed E-state index contributed by atoms with van der Waals surface area (Å²) >= 11 is 3.36. The van der Waals surface area contributed by atoms with E-state index in [1.54, 1.807) is 12.1 Å². The molecule has 3 aromatic carbocycles. The highest BCUT2D eigenvalue weighted by Crippen LogP contribution is 2.24. The zero-order valence-electron chi connectivity index (χ0n) is 12.9. The fraction of sp³-hybridized carbons (Fsp3) is 0.0476. The maximum Gasteiger partial charge on any atom is 0.233 e. The van der Waals surface area contributed by atoms with Crippen molar-refractivity contribution in [2.45, 2.75) is 5.33 Å². The van der Waals surface area contributed by atoms with Crippen LogP contribution in [0.2, 0.25) is 0 Å². The van der Waals surface area contributed by atoms with Gasteiger partial charge in [-0.15, -0.1) is 0 Å². The predicted octanol–water partition coefficient (Wildman–Crippen LogP) is 5.20. The van der Waals surface area contributed by atoms with Gasteiger partial charge >= 0.3 is 0 Å². The zero-order chi connectivity index (χ0) is 16.9. The molecule has 0 aromatic heterocycles. The molecule has 0 spiro atoms. The minimum atomic E-state index is -0.442. The molecule has 0 amide bonds. The Kier molecular flexibility index (Phi) is 5.02. The minimum absolute atomic E-state index is 0.414. The molecule has 3 aromatic rings. The Morgan fingerprint density at radius 2 is 1.38 bits per heavy atom. The molecule has 118 valence electrons. The summed E-state index contributed by atoms with van der Waals surface area (Å²) < 4.78 is 0. The van der Waals surface area contributed by atoms with Gasteiger partial charge in [-0.1, -0.05) is 76.6 Å². The molecular formula is C21H15BrO2. The summed E-state index contributed by atoms with van der Waals surface area (Å²) in [6.45, 7) is 0. The van der Waals surface area contributed by atoms with Crippen molar-refractivity contribution in [2.75, 3.05) is 0 Å². The second kappa shape index (κ2) is 7.37. The van der Waals surface area contributed by atoms with E-state index >= 15 is 0 Å². The van der Waals surface area contributed by atoms with E-state index in [2.05, 4.69) is 28.1 Å². The number of carbonyl (C=O) groups excluding carboxylic acids is 2. The number of rotatable bonds is 1. The summed E-state index contributed by atoms with van der Waals surface area (Å²) in [6, 6.07) is 21.8. The van der Waals surface area contributed by atoms with Crippen molar-refractivity contribution in [3.05, 3.63) is 89.5 Å².